The van der Waals surface area contributed by atoms with E-state index < -0.39 is 35.2 Å². The lowest BCUT2D eigenvalue weighted by atomic mass is 10.1. The second-order valence-electron chi connectivity index (χ2n) is 6.97. The van der Waals surface area contributed by atoms with E-state index in [1.807, 2.05) is 23.1 Å². The number of halogens is 3. The van der Waals surface area contributed by atoms with Crippen LogP contribution in [0.25, 0.3) is 22.3 Å². The molecule has 158 valence electrons. The quantitative estimate of drug-likeness (QED) is 0.609. The van der Waals surface area contributed by atoms with Crippen LogP contribution in [-0.4, -0.2) is 37.4 Å². The van der Waals surface area contributed by atoms with Crippen LogP contribution in [0.5, 0.6) is 0 Å². The monoisotopic (exact) mass is 436 g/mol. The zero-order valence-electron chi connectivity index (χ0n) is 16.2. The summed E-state index contributed by atoms with van der Waals surface area (Å²) in [4.78, 5) is 3.90. The fourth-order valence-electron chi connectivity index (χ4n) is 3.26. The van der Waals surface area contributed by atoms with Crippen molar-refractivity contribution in [2.24, 2.45) is 0 Å². The molecule has 0 spiro atoms. The van der Waals surface area contributed by atoms with Crippen LogP contribution in [0.4, 0.5) is 13.2 Å². The molecule has 0 amide bonds. The number of hydrogen-bond donors (Lipinski definition) is 1. The van der Waals surface area contributed by atoms with Crippen molar-refractivity contribution < 1.29 is 21.6 Å². The van der Waals surface area contributed by atoms with E-state index in [4.69, 9.17) is 0 Å². The first-order valence-electron chi connectivity index (χ1n) is 9.07. The second kappa shape index (κ2) is 8.45. The van der Waals surface area contributed by atoms with Crippen molar-refractivity contribution in [1.82, 2.24) is 14.3 Å². The fourth-order valence-corrected chi connectivity index (χ4v) is 4.40. The van der Waals surface area contributed by atoms with Gasteiger partial charge in [-0.2, -0.15) is 5.26 Å². The zero-order chi connectivity index (χ0) is 22.1. The van der Waals surface area contributed by atoms with Gasteiger partial charge in [-0.25, -0.2) is 26.3 Å². The van der Waals surface area contributed by atoms with E-state index >= 15 is 0 Å². The number of rotatable bonds is 7. The molecule has 0 radical (unpaired) electrons. The maximum absolute atomic E-state index is 13.8. The van der Waals surface area contributed by atoms with Crippen LogP contribution < -0.4 is 4.72 Å². The molecule has 0 saturated heterocycles. The summed E-state index contributed by atoms with van der Waals surface area (Å²) >= 11 is 0. The van der Waals surface area contributed by atoms with Gasteiger partial charge in [0.15, 0.2) is 0 Å². The highest BCUT2D eigenvalue weighted by Crippen LogP contribution is 2.35. The van der Waals surface area contributed by atoms with Crippen molar-refractivity contribution in [3.63, 3.8) is 0 Å². The molecular formula is C20H19F3N4O2S. The Morgan fingerprint density at radius 3 is 2.43 bits per heavy atom. The van der Waals surface area contributed by atoms with E-state index in [9.17, 15) is 26.9 Å². The van der Waals surface area contributed by atoms with Crippen LogP contribution in [0, 0.1) is 17.1 Å². The number of nitrogens with zero attached hydrogens (tertiary/aromatic N) is 3. The molecular weight excluding hydrogens is 417 g/mol. The van der Waals surface area contributed by atoms with Gasteiger partial charge in [-0.15, -0.1) is 0 Å². The summed E-state index contributed by atoms with van der Waals surface area (Å²) in [7, 11) is -4.17. The summed E-state index contributed by atoms with van der Waals surface area (Å²) in [5.41, 5.74) is 1.60. The van der Waals surface area contributed by atoms with Gasteiger partial charge in [-0.3, -0.25) is 4.98 Å². The normalized spacial score (nSPS) is 12.1. The summed E-state index contributed by atoms with van der Waals surface area (Å²) in [6.07, 6.45) is 1.05. The number of aromatic nitrogens is 2. The summed E-state index contributed by atoms with van der Waals surface area (Å²) in [6, 6.07) is 7.29. The number of benzene rings is 1. The molecule has 30 heavy (non-hydrogen) atoms. The molecule has 10 heteroatoms. The van der Waals surface area contributed by atoms with Crippen LogP contribution in [0.15, 0.2) is 41.4 Å². The molecule has 0 atom stereocenters. The standard InChI is InChI=1S/C20H19F3N4O2S/c1-12(2)27-19-6-3-13(23)7-16(19)17(10-24)20(27)18-5-4-15(11-25-18)30(28,29)26-14(8-21)9-22/h3-7,11-12,14,26H,8-9H2,1-2H3. The summed E-state index contributed by atoms with van der Waals surface area (Å²) in [5.74, 6) is -0.484. The molecule has 3 rings (SSSR count). The van der Waals surface area contributed by atoms with Gasteiger partial charge in [0.25, 0.3) is 0 Å². The molecule has 6 nitrogen and oxygen atoms in total. The third kappa shape index (κ3) is 3.91. The number of alkyl halides is 2. The highest BCUT2D eigenvalue weighted by atomic mass is 32.2. The number of pyridine rings is 1. The van der Waals surface area contributed by atoms with Crippen molar-refractivity contribution >= 4 is 20.9 Å². The van der Waals surface area contributed by atoms with Gasteiger partial charge in [-0.1, -0.05) is 0 Å². The summed E-state index contributed by atoms with van der Waals surface area (Å²) < 4.78 is 67.5. The highest BCUT2D eigenvalue weighted by molar-refractivity contribution is 7.89. The first-order chi connectivity index (χ1) is 14.2. The lowest BCUT2D eigenvalue weighted by Crippen LogP contribution is -2.37. The Morgan fingerprint density at radius 2 is 1.90 bits per heavy atom. The number of sulfonamides is 1. The predicted octanol–water partition coefficient (Wildman–Crippen LogP) is 3.88. The first kappa shape index (κ1) is 21.8. The zero-order valence-corrected chi connectivity index (χ0v) is 17.0. The van der Waals surface area contributed by atoms with Crippen molar-refractivity contribution in [2.45, 2.75) is 30.8 Å². The lowest BCUT2D eigenvalue weighted by Gasteiger charge is -2.15. The molecule has 3 aromatic rings. The highest BCUT2D eigenvalue weighted by Gasteiger charge is 2.24. The van der Waals surface area contributed by atoms with E-state index in [2.05, 4.69) is 11.1 Å². The van der Waals surface area contributed by atoms with E-state index in [1.165, 1.54) is 24.3 Å². The molecule has 2 aromatic heterocycles. The van der Waals surface area contributed by atoms with Gasteiger partial charge in [0, 0.05) is 17.6 Å². The van der Waals surface area contributed by atoms with Gasteiger partial charge in [-0.05, 0) is 44.2 Å². The van der Waals surface area contributed by atoms with E-state index in [0.29, 0.717) is 22.3 Å². The van der Waals surface area contributed by atoms with Crippen LogP contribution in [0.1, 0.15) is 25.5 Å². The maximum Gasteiger partial charge on any atom is 0.242 e. The minimum Gasteiger partial charge on any atom is -0.336 e. The Morgan fingerprint density at radius 1 is 1.20 bits per heavy atom. The Balaban J connectivity index is 2.13. The van der Waals surface area contributed by atoms with Crippen LogP contribution in [0.2, 0.25) is 0 Å². The largest absolute Gasteiger partial charge is 0.336 e. The van der Waals surface area contributed by atoms with Gasteiger partial charge in [0.05, 0.1) is 28.5 Å². The number of hydrogen-bond acceptors (Lipinski definition) is 4. The average Bonchev–Trinajstić information content (AvgIpc) is 3.05. The van der Waals surface area contributed by atoms with Crippen molar-refractivity contribution in [3.05, 3.63) is 47.9 Å². The molecule has 0 aliphatic heterocycles. The third-order valence-corrected chi connectivity index (χ3v) is 6.08. The summed E-state index contributed by atoms with van der Waals surface area (Å²) in [6.45, 7) is 1.42. The molecule has 0 unspecified atom stereocenters. The van der Waals surface area contributed by atoms with E-state index in [1.54, 1.807) is 6.07 Å². The Labute approximate surface area is 172 Å². The van der Waals surface area contributed by atoms with Gasteiger partial charge in [0.1, 0.15) is 30.1 Å². The van der Waals surface area contributed by atoms with Gasteiger partial charge < -0.3 is 4.57 Å². The molecule has 1 N–H and O–H groups in total. The van der Waals surface area contributed by atoms with Gasteiger partial charge >= 0.3 is 0 Å². The SMILES string of the molecule is CC(C)n1c(-c2ccc(S(=O)(=O)NC(CF)CF)cn2)c(C#N)c2cc(F)ccc21. The number of nitriles is 1. The number of nitrogens with one attached hydrogen (secondary N) is 1. The van der Waals surface area contributed by atoms with Crippen molar-refractivity contribution in [1.29, 1.82) is 5.26 Å². The van der Waals surface area contributed by atoms with Gasteiger partial charge in [0.2, 0.25) is 10.0 Å². The molecule has 0 fully saturated rings. The Hall–Kier alpha value is -2.90. The van der Waals surface area contributed by atoms with Crippen molar-refractivity contribution in [3.8, 4) is 17.5 Å². The molecule has 0 bridgehead atoms. The van der Waals surface area contributed by atoms with Crippen LogP contribution >= 0.6 is 0 Å². The minimum absolute atomic E-state index is 0.100. The predicted molar refractivity (Wildman–Crippen MR) is 106 cm³/mol. The maximum atomic E-state index is 13.8. The van der Waals surface area contributed by atoms with E-state index in [0.717, 1.165) is 6.20 Å². The Kier molecular flexibility index (Phi) is 6.14. The molecule has 1 aromatic carbocycles. The second-order valence-corrected chi connectivity index (χ2v) is 8.68. The smallest absolute Gasteiger partial charge is 0.242 e. The van der Waals surface area contributed by atoms with Crippen molar-refractivity contribution in [2.75, 3.05) is 13.3 Å². The molecule has 0 aliphatic carbocycles. The minimum atomic E-state index is -4.17. The number of fused-ring (bicyclic) bond motifs is 1. The fraction of sp³-hybridized carbons (Fsp3) is 0.300. The third-order valence-electron chi connectivity index (χ3n) is 4.58. The Bertz CT molecular complexity index is 1210. The average molecular weight is 436 g/mol. The first-order valence-corrected chi connectivity index (χ1v) is 10.6. The molecule has 0 saturated carbocycles. The topological polar surface area (TPSA) is 87.8 Å². The van der Waals surface area contributed by atoms with Crippen LogP contribution in [-0.2, 0) is 10.0 Å². The van der Waals surface area contributed by atoms with E-state index in [-0.39, 0.29) is 16.5 Å². The molecule has 2 heterocycles. The molecule has 0 aliphatic rings. The lowest BCUT2D eigenvalue weighted by molar-refractivity contribution is 0.334. The summed E-state index contributed by atoms with van der Waals surface area (Å²) in [5, 5.41) is 10.1. The van der Waals surface area contributed by atoms with Crippen LogP contribution in [0.3, 0.4) is 0 Å².